The van der Waals surface area contributed by atoms with Crippen molar-refractivity contribution in [3.63, 3.8) is 0 Å². The number of imidazole rings is 1. The van der Waals surface area contributed by atoms with Crippen LogP contribution in [0.5, 0.6) is 11.5 Å². The summed E-state index contributed by atoms with van der Waals surface area (Å²) in [7, 11) is -1.32. The lowest BCUT2D eigenvalue weighted by molar-refractivity contribution is 0.247. The highest BCUT2D eigenvalue weighted by Crippen LogP contribution is 2.24. The molecule has 0 saturated carbocycles. The van der Waals surface area contributed by atoms with Gasteiger partial charge in [0.1, 0.15) is 11.5 Å². The molecule has 1 N–H and O–H groups in total. The van der Waals surface area contributed by atoms with Gasteiger partial charge in [-0.15, -0.1) is 0 Å². The predicted octanol–water partition coefficient (Wildman–Crippen LogP) is 5.96. The van der Waals surface area contributed by atoms with Gasteiger partial charge in [0.15, 0.2) is 5.16 Å². The number of nitrogens with one attached hydrogen (secondary N) is 1. The average molecular weight is 523 g/mol. The maximum absolute atomic E-state index is 12.8. The maximum Gasteiger partial charge on any atom is 0.197 e. The van der Waals surface area contributed by atoms with E-state index in [2.05, 4.69) is 21.0 Å². The standard InChI is InChI=1S/C30H26N4O3S/c1-21-16-26(19-32-29(21)20-38(35)30-33-27-8-2-3-9-28(27)34-30)37-15-5-14-36-25-12-10-23(11-13-25)24-7-4-6-22(17-24)18-31/h2-4,6-13,16-17,19H,5,14-15,20H2,1H3,(H,33,34). The molecule has 5 aromatic rings. The zero-order valence-corrected chi connectivity index (χ0v) is 21.7. The fourth-order valence-electron chi connectivity index (χ4n) is 3.99. The molecule has 7 nitrogen and oxygen atoms in total. The summed E-state index contributed by atoms with van der Waals surface area (Å²) < 4.78 is 24.5. The second-order valence-corrected chi connectivity index (χ2v) is 10.1. The maximum atomic E-state index is 12.8. The molecular formula is C30H26N4O3S. The first-order valence-corrected chi connectivity index (χ1v) is 13.6. The largest absolute Gasteiger partial charge is 0.493 e. The van der Waals surface area contributed by atoms with Gasteiger partial charge in [-0.05, 0) is 66.1 Å². The van der Waals surface area contributed by atoms with E-state index < -0.39 is 10.8 Å². The number of aromatic nitrogens is 3. The topological polar surface area (TPSA) is 101 Å². The Kier molecular flexibility index (Phi) is 7.76. The van der Waals surface area contributed by atoms with Crippen molar-refractivity contribution in [2.24, 2.45) is 0 Å². The van der Waals surface area contributed by atoms with Gasteiger partial charge >= 0.3 is 0 Å². The molecule has 5 rings (SSSR count). The molecule has 1 unspecified atom stereocenters. The van der Waals surface area contributed by atoms with Gasteiger partial charge in [-0.3, -0.25) is 9.19 Å². The zero-order chi connectivity index (χ0) is 26.3. The van der Waals surface area contributed by atoms with E-state index in [1.54, 1.807) is 12.3 Å². The average Bonchev–Trinajstić information content (AvgIpc) is 3.39. The van der Waals surface area contributed by atoms with Gasteiger partial charge in [0.2, 0.25) is 0 Å². The van der Waals surface area contributed by atoms with Gasteiger partial charge < -0.3 is 14.5 Å². The smallest absolute Gasteiger partial charge is 0.197 e. The van der Waals surface area contributed by atoms with Gasteiger partial charge in [-0.25, -0.2) is 4.98 Å². The molecule has 2 aromatic heterocycles. The molecule has 0 fully saturated rings. The summed E-state index contributed by atoms with van der Waals surface area (Å²) in [5, 5.41) is 9.54. The van der Waals surface area contributed by atoms with E-state index in [9.17, 15) is 4.21 Å². The van der Waals surface area contributed by atoms with Crippen LogP contribution >= 0.6 is 0 Å². The van der Waals surface area contributed by atoms with E-state index in [0.717, 1.165) is 39.2 Å². The molecule has 0 bridgehead atoms. The molecule has 0 radical (unpaired) electrons. The Hall–Kier alpha value is -4.48. The van der Waals surface area contributed by atoms with Gasteiger partial charge in [0.25, 0.3) is 0 Å². The molecule has 190 valence electrons. The van der Waals surface area contributed by atoms with Gasteiger partial charge in [0, 0.05) is 6.42 Å². The number of para-hydroxylation sites is 2. The highest BCUT2D eigenvalue weighted by Gasteiger charge is 2.13. The zero-order valence-electron chi connectivity index (χ0n) is 20.9. The number of ether oxygens (including phenoxy) is 2. The van der Waals surface area contributed by atoms with Gasteiger partial charge in [-0.2, -0.15) is 5.26 Å². The number of nitriles is 1. The number of benzene rings is 3. The van der Waals surface area contributed by atoms with Gasteiger partial charge in [0.05, 0.1) is 64.3 Å². The summed E-state index contributed by atoms with van der Waals surface area (Å²) >= 11 is 0. The van der Waals surface area contributed by atoms with Crippen molar-refractivity contribution >= 4 is 21.8 Å². The number of aromatic amines is 1. The molecule has 0 aliphatic heterocycles. The molecule has 0 aliphatic carbocycles. The van der Waals surface area contributed by atoms with Crippen molar-refractivity contribution in [3.05, 3.63) is 102 Å². The Morgan fingerprint density at radius 2 is 1.71 bits per heavy atom. The number of hydrogen-bond donors (Lipinski definition) is 1. The molecule has 38 heavy (non-hydrogen) atoms. The van der Waals surface area contributed by atoms with Crippen molar-refractivity contribution in [1.29, 1.82) is 5.26 Å². The van der Waals surface area contributed by atoms with Crippen LogP contribution < -0.4 is 9.47 Å². The Morgan fingerprint density at radius 1 is 0.921 bits per heavy atom. The quantitative estimate of drug-likeness (QED) is 0.227. The van der Waals surface area contributed by atoms with Crippen LogP contribution in [0.4, 0.5) is 0 Å². The van der Waals surface area contributed by atoms with E-state index in [1.807, 2.05) is 79.7 Å². The third-order valence-corrected chi connectivity index (χ3v) is 7.18. The van der Waals surface area contributed by atoms with Crippen molar-refractivity contribution in [1.82, 2.24) is 15.0 Å². The van der Waals surface area contributed by atoms with Crippen LogP contribution in [0, 0.1) is 18.3 Å². The third-order valence-electron chi connectivity index (χ3n) is 6.02. The highest BCUT2D eigenvalue weighted by molar-refractivity contribution is 7.84. The summed E-state index contributed by atoms with van der Waals surface area (Å²) in [6, 6.07) is 27.1. The van der Waals surface area contributed by atoms with Crippen LogP contribution in [0.25, 0.3) is 22.2 Å². The van der Waals surface area contributed by atoms with E-state index in [0.29, 0.717) is 36.1 Å². The molecule has 0 amide bonds. The minimum Gasteiger partial charge on any atom is -0.493 e. The van der Waals surface area contributed by atoms with Crippen molar-refractivity contribution in [3.8, 4) is 28.7 Å². The molecule has 0 aliphatic rings. The second kappa shape index (κ2) is 11.7. The lowest BCUT2D eigenvalue weighted by atomic mass is 10.0. The SMILES string of the molecule is Cc1cc(OCCCOc2ccc(-c3cccc(C#N)c3)cc2)cnc1CS(=O)c1nc2ccccc2[nH]1. The third kappa shape index (κ3) is 6.07. The number of hydrogen-bond acceptors (Lipinski definition) is 6. The normalized spacial score (nSPS) is 11.7. The van der Waals surface area contributed by atoms with Crippen LogP contribution in [-0.2, 0) is 16.6 Å². The second-order valence-electron chi connectivity index (χ2n) is 8.75. The first kappa shape index (κ1) is 25.2. The first-order valence-electron chi connectivity index (χ1n) is 12.2. The Balaban J connectivity index is 1.08. The number of rotatable bonds is 10. The molecule has 3 aromatic carbocycles. The minimum atomic E-state index is -1.32. The lowest BCUT2D eigenvalue weighted by Crippen LogP contribution is -2.06. The fourth-order valence-corrected chi connectivity index (χ4v) is 5.10. The van der Waals surface area contributed by atoms with Crippen LogP contribution in [0.15, 0.2) is 90.2 Å². The number of H-pyrrole nitrogens is 1. The molecule has 2 heterocycles. The number of fused-ring (bicyclic) bond motifs is 1. The van der Waals surface area contributed by atoms with Crippen LogP contribution in [0.2, 0.25) is 0 Å². The van der Waals surface area contributed by atoms with Gasteiger partial charge in [-0.1, -0.05) is 36.4 Å². The Morgan fingerprint density at radius 3 is 2.47 bits per heavy atom. The lowest BCUT2D eigenvalue weighted by Gasteiger charge is -2.10. The van der Waals surface area contributed by atoms with E-state index in [1.165, 1.54) is 0 Å². The van der Waals surface area contributed by atoms with Crippen LogP contribution in [0.3, 0.4) is 0 Å². The summed E-state index contributed by atoms with van der Waals surface area (Å²) in [5.41, 5.74) is 6.01. The van der Waals surface area contributed by atoms with E-state index in [4.69, 9.17) is 14.7 Å². The number of nitrogens with zero attached hydrogens (tertiary/aromatic N) is 3. The van der Waals surface area contributed by atoms with Crippen LogP contribution in [0.1, 0.15) is 23.2 Å². The molecule has 8 heteroatoms. The Labute approximate surface area is 223 Å². The molecule has 0 saturated heterocycles. The molecule has 1 atom stereocenters. The predicted molar refractivity (Wildman–Crippen MR) is 147 cm³/mol. The van der Waals surface area contributed by atoms with Crippen LogP contribution in [-0.4, -0.2) is 32.4 Å². The summed E-state index contributed by atoms with van der Waals surface area (Å²) in [4.78, 5) is 12.0. The van der Waals surface area contributed by atoms with Crippen molar-refractivity contribution in [2.75, 3.05) is 13.2 Å². The summed E-state index contributed by atoms with van der Waals surface area (Å²) in [6.07, 6.45) is 2.38. The summed E-state index contributed by atoms with van der Waals surface area (Å²) in [6.45, 7) is 2.95. The highest BCUT2D eigenvalue weighted by atomic mass is 32.2. The Bertz CT molecular complexity index is 1590. The monoisotopic (exact) mass is 522 g/mol. The first-order chi connectivity index (χ1) is 18.6. The fraction of sp³-hybridized carbons (Fsp3) is 0.167. The number of aryl methyl sites for hydroxylation is 1. The number of pyridine rings is 1. The van der Waals surface area contributed by atoms with Crippen molar-refractivity contribution in [2.45, 2.75) is 24.3 Å². The van der Waals surface area contributed by atoms with E-state index >= 15 is 0 Å². The molecular weight excluding hydrogens is 496 g/mol. The minimum absolute atomic E-state index is 0.280. The molecule has 0 spiro atoms. The van der Waals surface area contributed by atoms with E-state index in [-0.39, 0.29) is 5.75 Å². The summed E-state index contributed by atoms with van der Waals surface area (Å²) in [5.74, 6) is 1.73. The van der Waals surface area contributed by atoms with Crippen molar-refractivity contribution < 1.29 is 13.7 Å².